The van der Waals surface area contributed by atoms with Crippen LogP contribution in [-0.2, 0) is 19.6 Å². The van der Waals surface area contributed by atoms with Gasteiger partial charge in [0.25, 0.3) is 5.91 Å². The number of nitrogens with zero attached hydrogens (tertiary/aromatic N) is 3. The minimum absolute atomic E-state index is 0.109. The standard InChI is InChI=1S/C19H16F4N4O/c1-27-16(25-26-17(27)12-5-3-2-4-6-12)7-8-24-18(28)13-9-14(19(21,22)23)11-15(20)10-13/h2-6,9-11H,7-8H2,1H3,(H,24,28). The van der Waals surface area contributed by atoms with E-state index < -0.39 is 29.0 Å². The van der Waals surface area contributed by atoms with Gasteiger partial charge in [-0.15, -0.1) is 10.2 Å². The van der Waals surface area contributed by atoms with Crippen LogP contribution in [0, 0.1) is 5.82 Å². The Kier molecular flexibility index (Phi) is 5.43. The van der Waals surface area contributed by atoms with Crippen LogP contribution in [0.1, 0.15) is 21.7 Å². The van der Waals surface area contributed by atoms with E-state index in [0.29, 0.717) is 30.2 Å². The second kappa shape index (κ2) is 7.79. The maximum atomic E-state index is 13.4. The van der Waals surface area contributed by atoms with Gasteiger partial charge in [-0.2, -0.15) is 13.2 Å². The fourth-order valence-corrected chi connectivity index (χ4v) is 2.69. The molecule has 3 aromatic rings. The zero-order valence-electron chi connectivity index (χ0n) is 14.8. The number of nitrogens with one attached hydrogen (secondary N) is 1. The topological polar surface area (TPSA) is 59.8 Å². The molecule has 2 aromatic carbocycles. The first-order chi connectivity index (χ1) is 13.3. The van der Waals surface area contributed by atoms with Crippen molar-refractivity contribution in [3.05, 3.63) is 71.3 Å². The Morgan fingerprint density at radius 3 is 2.50 bits per heavy atom. The molecule has 1 aromatic heterocycles. The molecule has 0 bridgehead atoms. The Labute approximate surface area is 158 Å². The van der Waals surface area contributed by atoms with Crippen molar-refractivity contribution in [2.24, 2.45) is 7.05 Å². The van der Waals surface area contributed by atoms with Crippen molar-refractivity contribution in [1.82, 2.24) is 20.1 Å². The summed E-state index contributed by atoms with van der Waals surface area (Å²) in [6, 6.07) is 11.1. The number of carbonyl (C=O) groups excluding carboxylic acids is 1. The SMILES string of the molecule is Cn1c(CCNC(=O)c2cc(F)cc(C(F)(F)F)c2)nnc1-c1ccccc1. The minimum atomic E-state index is -4.73. The molecule has 0 atom stereocenters. The average molecular weight is 392 g/mol. The summed E-state index contributed by atoms with van der Waals surface area (Å²) in [7, 11) is 1.78. The molecule has 0 radical (unpaired) electrons. The van der Waals surface area contributed by atoms with E-state index in [1.54, 1.807) is 11.6 Å². The van der Waals surface area contributed by atoms with Crippen molar-refractivity contribution in [3.63, 3.8) is 0 Å². The number of aromatic nitrogens is 3. The Morgan fingerprint density at radius 2 is 1.82 bits per heavy atom. The van der Waals surface area contributed by atoms with Crippen molar-refractivity contribution < 1.29 is 22.4 Å². The fraction of sp³-hybridized carbons (Fsp3) is 0.211. The van der Waals surface area contributed by atoms with Crippen molar-refractivity contribution in [1.29, 1.82) is 0 Å². The van der Waals surface area contributed by atoms with Crippen molar-refractivity contribution in [2.75, 3.05) is 6.54 Å². The first-order valence-electron chi connectivity index (χ1n) is 8.35. The monoisotopic (exact) mass is 392 g/mol. The number of alkyl halides is 3. The van der Waals surface area contributed by atoms with Gasteiger partial charge < -0.3 is 9.88 Å². The summed E-state index contributed by atoms with van der Waals surface area (Å²) >= 11 is 0. The maximum Gasteiger partial charge on any atom is 0.416 e. The molecule has 9 heteroatoms. The lowest BCUT2D eigenvalue weighted by Gasteiger charge is -2.10. The summed E-state index contributed by atoms with van der Waals surface area (Å²) in [6.45, 7) is 0.109. The van der Waals surface area contributed by atoms with Crippen molar-refractivity contribution in [2.45, 2.75) is 12.6 Å². The van der Waals surface area contributed by atoms with E-state index in [1.807, 2.05) is 30.3 Å². The van der Waals surface area contributed by atoms with Crippen LogP contribution in [0.2, 0.25) is 0 Å². The third-order valence-corrected chi connectivity index (χ3v) is 4.12. The molecule has 146 valence electrons. The number of hydrogen-bond donors (Lipinski definition) is 1. The van der Waals surface area contributed by atoms with E-state index in [4.69, 9.17) is 0 Å². The van der Waals surface area contributed by atoms with E-state index in [-0.39, 0.29) is 6.54 Å². The molecule has 0 spiro atoms. The number of hydrogen-bond acceptors (Lipinski definition) is 3. The number of carbonyl (C=O) groups is 1. The van der Waals surface area contributed by atoms with E-state index in [0.717, 1.165) is 11.6 Å². The highest BCUT2D eigenvalue weighted by Crippen LogP contribution is 2.30. The van der Waals surface area contributed by atoms with Crippen molar-refractivity contribution in [3.8, 4) is 11.4 Å². The summed E-state index contributed by atoms with van der Waals surface area (Å²) < 4.78 is 53.5. The third-order valence-electron chi connectivity index (χ3n) is 4.12. The lowest BCUT2D eigenvalue weighted by molar-refractivity contribution is -0.137. The van der Waals surface area contributed by atoms with Crippen LogP contribution in [0.25, 0.3) is 11.4 Å². The fourth-order valence-electron chi connectivity index (χ4n) is 2.69. The van der Waals surface area contributed by atoms with Crippen LogP contribution in [-0.4, -0.2) is 27.2 Å². The van der Waals surface area contributed by atoms with Gasteiger partial charge in [-0.3, -0.25) is 4.79 Å². The normalized spacial score (nSPS) is 11.5. The third kappa shape index (κ3) is 4.36. The maximum absolute atomic E-state index is 13.4. The van der Waals surface area contributed by atoms with Gasteiger partial charge in [0.1, 0.15) is 11.6 Å². The quantitative estimate of drug-likeness (QED) is 0.675. The molecular weight excluding hydrogens is 376 g/mol. The Balaban J connectivity index is 1.65. The molecule has 3 rings (SSSR count). The van der Waals surface area contributed by atoms with E-state index >= 15 is 0 Å². The van der Waals surface area contributed by atoms with E-state index in [2.05, 4.69) is 15.5 Å². The number of benzene rings is 2. The Hall–Kier alpha value is -3.23. The second-order valence-electron chi connectivity index (χ2n) is 6.10. The van der Waals surface area contributed by atoms with Crippen LogP contribution in [0.5, 0.6) is 0 Å². The van der Waals surface area contributed by atoms with Crippen LogP contribution in [0.3, 0.4) is 0 Å². The summed E-state index contributed by atoms with van der Waals surface area (Å²) in [5.41, 5.74) is -0.721. The summed E-state index contributed by atoms with van der Waals surface area (Å²) in [5.74, 6) is -0.674. The van der Waals surface area contributed by atoms with Crippen LogP contribution < -0.4 is 5.32 Å². The van der Waals surface area contributed by atoms with Gasteiger partial charge in [-0.1, -0.05) is 30.3 Å². The van der Waals surface area contributed by atoms with Crippen LogP contribution >= 0.6 is 0 Å². The Morgan fingerprint density at radius 1 is 1.11 bits per heavy atom. The number of rotatable bonds is 5. The van der Waals surface area contributed by atoms with E-state index in [9.17, 15) is 22.4 Å². The predicted octanol–water partition coefficient (Wildman–Crippen LogP) is 3.61. The molecule has 1 heterocycles. The lowest BCUT2D eigenvalue weighted by atomic mass is 10.1. The summed E-state index contributed by atoms with van der Waals surface area (Å²) in [4.78, 5) is 12.1. The van der Waals surface area contributed by atoms with Gasteiger partial charge in [0.2, 0.25) is 0 Å². The molecule has 0 saturated carbocycles. The molecule has 0 fully saturated rings. The molecule has 0 saturated heterocycles. The highest BCUT2D eigenvalue weighted by Gasteiger charge is 2.32. The van der Waals surface area contributed by atoms with Gasteiger partial charge in [-0.05, 0) is 18.2 Å². The lowest BCUT2D eigenvalue weighted by Crippen LogP contribution is -2.27. The average Bonchev–Trinajstić information content (AvgIpc) is 3.02. The molecule has 0 aliphatic rings. The molecule has 5 nitrogen and oxygen atoms in total. The number of amides is 1. The summed E-state index contributed by atoms with van der Waals surface area (Å²) in [5, 5.41) is 10.7. The van der Waals surface area contributed by atoms with Crippen LogP contribution in [0.15, 0.2) is 48.5 Å². The van der Waals surface area contributed by atoms with Gasteiger partial charge in [0.05, 0.1) is 5.56 Å². The van der Waals surface area contributed by atoms with Crippen LogP contribution in [0.4, 0.5) is 17.6 Å². The van der Waals surface area contributed by atoms with Gasteiger partial charge >= 0.3 is 6.18 Å². The highest BCUT2D eigenvalue weighted by molar-refractivity contribution is 5.94. The van der Waals surface area contributed by atoms with E-state index in [1.165, 1.54) is 0 Å². The minimum Gasteiger partial charge on any atom is -0.352 e. The van der Waals surface area contributed by atoms with Gasteiger partial charge in [0.15, 0.2) is 5.82 Å². The number of halogens is 4. The zero-order chi connectivity index (χ0) is 20.3. The molecule has 0 aliphatic heterocycles. The van der Waals surface area contributed by atoms with Gasteiger partial charge in [0, 0.05) is 31.1 Å². The molecule has 0 aliphatic carbocycles. The van der Waals surface area contributed by atoms with Gasteiger partial charge in [-0.25, -0.2) is 4.39 Å². The molecular formula is C19H16F4N4O. The first kappa shape index (κ1) is 19.5. The molecule has 1 amide bonds. The largest absolute Gasteiger partial charge is 0.416 e. The second-order valence-corrected chi connectivity index (χ2v) is 6.10. The molecule has 0 unspecified atom stereocenters. The Bertz CT molecular complexity index is 983. The molecule has 28 heavy (non-hydrogen) atoms. The zero-order valence-corrected chi connectivity index (χ0v) is 14.8. The highest BCUT2D eigenvalue weighted by atomic mass is 19.4. The first-order valence-corrected chi connectivity index (χ1v) is 8.35. The van der Waals surface area contributed by atoms with Crippen molar-refractivity contribution >= 4 is 5.91 Å². The smallest absolute Gasteiger partial charge is 0.352 e. The predicted molar refractivity (Wildman–Crippen MR) is 93.9 cm³/mol. The summed E-state index contributed by atoms with van der Waals surface area (Å²) in [6.07, 6.45) is -4.42. The molecule has 1 N–H and O–H groups in total.